The van der Waals surface area contributed by atoms with E-state index in [-0.39, 0.29) is 0 Å². The molecule has 0 unspecified atom stereocenters. The van der Waals surface area contributed by atoms with Gasteiger partial charge in [0.2, 0.25) is 0 Å². The lowest BCUT2D eigenvalue weighted by Gasteiger charge is -2.00. The van der Waals surface area contributed by atoms with E-state index in [2.05, 4.69) is 54.7 Å². The van der Waals surface area contributed by atoms with E-state index in [0.717, 1.165) is 17.1 Å². The molecule has 0 saturated carbocycles. The third kappa shape index (κ3) is 9.33. The van der Waals surface area contributed by atoms with Crippen LogP contribution in [0.3, 0.4) is 0 Å². The summed E-state index contributed by atoms with van der Waals surface area (Å²) in [5, 5.41) is 5.71. The molecule has 0 amide bonds. The van der Waals surface area contributed by atoms with Crippen LogP contribution >= 0.6 is 12.2 Å². The minimum atomic E-state index is 0.797. The van der Waals surface area contributed by atoms with Crippen LogP contribution in [0.1, 0.15) is 47.1 Å². The number of benzene rings is 3. The Kier molecular flexibility index (Phi) is 13.8. The molecule has 1 N–H and O–H groups in total. The summed E-state index contributed by atoms with van der Waals surface area (Å²) in [6.07, 6.45) is 1.12. The first-order valence-electron chi connectivity index (χ1n) is 9.49. The number of aryl methyl sites for hydroxylation is 1. The lowest BCUT2D eigenvalue weighted by molar-refractivity contribution is 1.15. The Morgan fingerprint density at radius 1 is 0.769 bits per heavy atom. The molecule has 3 aromatic rings. The molecule has 0 fully saturated rings. The van der Waals surface area contributed by atoms with E-state index in [4.69, 9.17) is 12.2 Å². The van der Waals surface area contributed by atoms with Crippen molar-refractivity contribution in [1.82, 2.24) is 0 Å². The van der Waals surface area contributed by atoms with Crippen molar-refractivity contribution >= 4 is 33.7 Å². The van der Waals surface area contributed by atoms with Crippen LogP contribution in [0, 0.1) is 0 Å². The largest absolute Gasteiger partial charge is 0.350 e. The summed E-state index contributed by atoms with van der Waals surface area (Å²) < 4.78 is 0. The molecule has 0 aliphatic heterocycles. The van der Waals surface area contributed by atoms with Crippen molar-refractivity contribution in [3.05, 3.63) is 78.4 Å². The summed E-state index contributed by atoms with van der Waals surface area (Å²) in [5.74, 6) is 0. The summed E-state index contributed by atoms with van der Waals surface area (Å²) in [5.41, 5.74) is 2.46. The highest BCUT2D eigenvalue weighted by Crippen LogP contribution is 2.15. The molecular weight excluding hydrogens is 334 g/mol. The maximum absolute atomic E-state index is 4.87. The van der Waals surface area contributed by atoms with Gasteiger partial charge < -0.3 is 5.32 Å². The summed E-state index contributed by atoms with van der Waals surface area (Å²) in [4.78, 5) is 0.797. The standard InChI is InChI=1S/C12H12.C8H9NS.2C2H6/c1-2-10-7-8-11-5-3-4-6-12(11)9-10;1-7(10)9-8-5-3-2-4-6-8;2*1-2/h3-9H,2H2,1H3;2-6H,1H3,(H,9,10);2*1-2H3. The number of rotatable bonds is 2. The van der Waals surface area contributed by atoms with Crippen LogP contribution in [0.5, 0.6) is 0 Å². The van der Waals surface area contributed by atoms with E-state index < -0.39 is 0 Å². The molecule has 0 aromatic heterocycles. The minimum Gasteiger partial charge on any atom is -0.350 e. The molecule has 0 saturated heterocycles. The second-order valence-electron chi connectivity index (χ2n) is 5.08. The normalized spacial score (nSPS) is 8.69. The van der Waals surface area contributed by atoms with Crippen LogP contribution in [-0.2, 0) is 6.42 Å². The fourth-order valence-electron chi connectivity index (χ4n) is 2.18. The molecule has 0 aliphatic carbocycles. The molecule has 0 bridgehead atoms. The average molecular weight is 368 g/mol. The van der Waals surface area contributed by atoms with Gasteiger partial charge in [-0.2, -0.15) is 0 Å². The second kappa shape index (κ2) is 15.1. The quantitative estimate of drug-likeness (QED) is 0.462. The highest BCUT2D eigenvalue weighted by atomic mass is 32.1. The van der Waals surface area contributed by atoms with Gasteiger partial charge in [-0.1, -0.05) is 108 Å². The fraction of sp³-hybridized carbons (Fsp3) is 0.292. The number of nitrogens with one attached hydrogen (secondary N) is 1. The van der Waals surface area contributed by atoms with E-state index in [1.165, 1.54) is 16.3 Å². The summed E-state index contributed by atoms with van der Waals surface area (Å²) in [7, 11) is 0. The molecule has 0 spiro atoms. The number of thiocarbonyl (C=S) groups is 1. The van der Waals surface area contributed by atoms with Gasteiger partial charge in [-0.25, -0.2) is 0 Å². The third-order valence-electron chi connectivity index (χ3n) is 3.32. The van der Waals surface area contributed by atoms with Crippen LogP contribution in [0.25, 0.3) is 10.8 Å². The number of anilines is 1. The number of hydrogen-bond donors (Lipinski definition) is 1. The number of fused-ring (bicyclic) bond motifs is 1. The molecule has 26 heavy (non-hydrogen) atoms. The molecule has 140 valence electrons. The Hall–Kier alpha value is -2.19. The van der Waals surface area contributed by atoms with Crippen LogP contribution in [0.4, 0.5) is 5.69 Å². The second-order valence-corrected chi connectivity index (χ2v) is 5.69. The molecule has 0 aliphatic rings. The highest BCUT2D eigenvalue weighted by molar-refractivity contribution is 7.80. The Labute approximate surface area is 165 Å². The third-order valence-corrected chi connectivity index (χ3v) is 3.42. The number of hydrogen-bond acceptors (Lipinski definition) is 1. The topological polar surface area (TPSA) is 12.0 Å². The van der Waals surface area contributed by atoms with Crippen molar-refractivity contribution in [2.75, 3.05) is 5.32 Å². The first kappa shape index (κ1) is 23.8. The summed E-state index contributed by atoms with van der Waals surface area (Å²) in [6.45, 7) is 12.0. The lowest BCUT2D eigenvalue weighted by Crippen LogP contribution is -2.02. The van der Waals surface area contributed by atoms with Gasteiger partial charge in [-0.05, 0) is 41.8 Å². The SMILES string of the molecule is CC.CC.CC(=S)Nc1ccccc1.CCc1ccc2ccccc2c1. The summed E-state index contributed by atoms with van der Waals surface area (Å²) >= 11 is 4.87. The van der Waals surface area contributed by atoms with Crippen LogP contribution < -0.4 is 5.32 Å². The summed E-state index contributed by atoms with van der Waals surface area (Å²) in [6, 6.07) is 25.0. The van der Waals surface area contributed by atoms with E-state index in [1.807, 2.05) is 65.0 Å². The number of para-hydroxylation sites is 1. The van der Waals surface area contributed by atoms with Gasteiger partial charge in [0.15, 0.2) is 0 Å². The Morgan fingerprint density at radius 3 is 1.85 bits per heavy atom. The molecular formula is C24H33NS. The lowest BCUT2D eigenvalue weighted by atomic mass is 10.1. The fourth-order valence-corrected chi connectivity index (χ4v) is 2.30. The van der Waals surface area contributed by atoms with Gasteiger partial charge in [-0.15, -0.1) is 0 Å². The van der Waals surface area contributed by atoms with Crippen LogP contribution in [-0.4, -0.2) is 4.99 Å². The van der Waals surface area contributed by atoms with Crippen molar-refractivity contribution in [1.29, 1.82) is 0 Å². The van der Waals surface area contributed by atoms with E-state index in [0.29, 0.717) is 0 Å². The van der Waals surface area contributed by atoms with Gasteiger partial charge >= 0.3 is 0 Å². The Bertz CT molecular complexity index is 735. The zero-order valence-electron chi connectivity index (χ0n) is 17.0. The zero-order valence-corrected chi connectivity index (χ0v) is 17.9. The van der Waals surface area contributed by atoms with Gasteiger partial charge in [0.05, 0.1) is 4.99 Å². The highest BCUT2D eigenvalue weighted by Gasteiger charge is 1.92. The Morgan fingerprint density at radius 2 is 1.31 bits per heavy atom. The molecule has 0 heterocycles. The Balaban J connectivity index is 0.000000409. The van der Waals surface area contributed by atoms with Gasteiger partial charge in [0.1, 0.15) is 0 Å². The maximum Gasteiger partial charge on any atom is 0.0765 e. The molecule has 0 atom stereocenters. The zero-order chi connectivity index (χ0) is 19.8. The molecule has 0 radical (unpaired) electrons. The molecule has 3 aromatic carbocycles. The molecule has 2 heteroatoms. The smallest absolute Gasteiger partial charge is 0.0765 e. The van der Waals surface area contributed by atoms with Gasteiger partial charge in [0.25, 0.3) is 0 Å². The monoisotopic (exact) mass is 367 g/mol. The van der Waals surface area contributed by atoms with Gasteiger partial charge in [-0.3, -0.25) is 0 Å². The predicted molar refractivity (Wildman–Crippen MR) is 124 cm³/mol. The van der Waals surface area contributed by atoms with E-state index >= 15 is 0 Å². The first-order valence-corrected chi connectivity index (χ1v) is 9.90. The van der Waals surface area contributed by atoms with Crippen molar-refractivity contribution in [3.63, 3.8) is 0 Å². The van der Waals surface area contributed by atoms with E-state index in [1.54, 1.807) is 0 Å². The minimum absolute atomic E-state index is 0.797. The predicted octanol–water partition coefficient (Wildman–Crippen LogP) is 7.90. The van der Waals surface area contributed by atoms with Crippen LogP contribution in [0.15, 0.2) is 72.8 Å². The average Bonchev–Trinajstić information content (AvgIpc) is 2.71. The van der Waals surface area contributed by atoms with Crippen molar-refractivity contribution in [2.45, 2.75) is 48.0 Å². The van der Waals surface area contributed by atoms with Crippen molar-refractivity contribution in [3.8, 4) is 0 Å². The molecule has 1 nitrogen and oxygen atoms in total. The first-order chi connectivity index (χ1) is 12.7. The van der Waals surface area contributed by atoms with Crippen molar-refractivity contribution in [2.24, 2.45) is 0 Å². The van der Waals surface area contributed by atoms with Crippen LogP contribution in [0.2, 0.25) is 0 Å². The van der Waals surface area contributed by atoms with Gasteiger partial charge in [0, 0.05) is 5.69 Å². The molecule has 3 rings (SSSR count). The van der Waals surface area contributed by atoms with Crippen molar-refractivity contribution < 1.29 is 0 Å². The van der Waals surface area contributed by atoms with E-state index in [9.17, 15) is 0 Å². The maximum atomic E-state index is 4.87.